The smallest absolute Gasteiger partial charge is 0.407 e. The topological polar surface area (TPSA) is 110 Å². The highest BCUT2D eigenvalue weighted by Crippen LogP contribution is 2.44. The first-order valence-corrected chi connectivity index (χ1v) is 11.0. The molecule has 3 aromatic carbocycles. The van der Waals surface area contributed by atoms with Gasteiger partial charge in [0, 0.05) is 18.5 Å². The molecule has 1 aromatic heterocycles. The Bertz CT molecular complexity index is 1360. The van der Waals surface area contributed by atoms with Gasteiger partial charge in [0.2, 0.25) is 0 Å². The van der Waals surface area contributed by atoms with Crippen LogP contribution in [-0.4, -0.2) is 34.4 Å². The first-order valence-electron chi connectivity index (χ1n) is 11.0. The molecule has 1 aliphatic carbocycles. The van der Waals surface area contributed by atoms with Gasteiger partial charge in [0.25, 0.3) is 5.69 Å². The quantitative estimate of drug-likeness (QED) is 0.220. The standard InChI is InChI=1S/C26H22N4O4/c31-26(34-16-23-20-10-3-1-8-18(20)19-9-2-4-11-21(19)23)27-12-6-5-7-17-13-24-22(15-28-29-24)25(14-17)30(32)33/h1-5,7-11,13-15,23H,6,12,16H2,(H,27,31)(H,28,29). The van der Waals surface area contributed by atoms with Gasteiger partial charge >= 0.3 is 6.09 Å². The Morgan fingerprint density at radius 3 is 2.53 bits per heavy atom. The zero-order chi connectivity index (χ0) is 23.5. The van der Waals surface area contributed by atoms with E-state index in [9.17, 15) is 14.9 Å². The molecule has 0 saturated heterocycles. The number of non-ortho nitro benzene ring substituents is 1. The van der Waals surface area contributed by atoms with Crippen molar-refractivity contribution in [1.82, 2.24) is 15.5 Å². The lowest BCUT2D eigenvalue weighted by atomic mass is 9.98. The summed E-state index contributed by atoms with van der Waals surface area (Å²) >= 11 is 0. The summed E-state index contributed by atoms with van der Waals surface area (Å²) in [5.74, 6) is 0.0197. The van der Waals surface area contributed by atoms with Gasteiger partial charge in [0.1, 0.15) is 6.61 Å². The van der Waals surface area contributed by atoms with E-state index >= 15 is 0 Å². The molecule has 2 N–H and O–H groups in total. The van der Waals surface area contributed by atoms with Gasteiger partial charge < -0.3 is 10.1 Å². The summed E-state index contributed by atoms with van der Waals surface area (Å²) in [5.41, 5.74) is 6.00. The molecule has 0 bridgehead atoms. The van der Waals surface area contributed by atoms with Crippen LogP contribution in [0.2, 0.25) is 0 Å². The van der Waals surface area contributed by atoms with E-state index in [0.717, 1.165) is 0 Å². The Balaban J connectivity index is 1.14. The number of nitrogens with one attached hydrogen (secondary N) is 2. The molecular weight excluding hydrogens is 432 g/mol. The summed E-state index contributed by atoms with van der Waals surface area (Å²) in [4.78, 5) is 23.1. The van der Waals surface area contributed by atoms with E-state index in [2.05, 4.69) is 39.8 Å². The average molecular weight is 454 g/mol. The molecule has 8 heteroatoms. The maximum atomic E-state index is 12.2. The lowest BCUT2D eigenvalue weighted by molar-refractivity contribution is -0.383. The molecule has 0 spiro atoms. The fourth-order valence-corrected chi connectivity index (χ4v) is 4.43. The molecular formula is C26H22N4O4. The molecule has 4 aromatic rings. The summed E-state index contributed by atoms with van der Waals surface area (Å²) in [6.07, 6.45) is 5.17. The van der Waals surface area contributed by atoms with Crippen LogP contribution in [0.4, 0.5) is 10.5 Å². The van der Waals surface area contributed by atoms with Gasteiger partial charge in [-0.3, -0.25) is 15.2 Å². The molecule has 34 heavy (non-hydrogen) atoms. The number of aromatic nitrogens is 2. The molecule has 0 saturated carbocycles. The second-order valence-electron chi connectivity index (χ2n) is 8.07. The van der Waals surface area contributed by atoms with Crippen molar-refractivity contribution in [3.63, 3.8) is 0 Å². The number of fused-ring (bicyclic) bond motifs is 4. The molecule has 0 atom stereocenters. The number of hydrogen-bond donors (Lipinski definition) is 2. The van der Waals surface area contributed by atoms with Crippen LogP contribution in [0.5, 0.6) is 0 Å². The van der Waals surface area contributed by atoms with Crippen molar-refractivity contribution in [2.24, 2.45) is 0 Å². The van der Waals surface area contributed by atoms with Crippen LogP contribution >= 0.6 is 0 Å². The molecule has 8 nitrogen and oxygen atoms in total. The number of carbonyl (C=O) groups is 1. The van der Waals surface area contributed by atoms with E-state index in [-0.39, 0.29) is 18.2 Å². The van der Waals surface area contributed by atoms with Gasteiger partial charge in [0.05, 0.1) is 22.0 Å². The number of aromatic amines is 1. The summed E-state index contributed by atoms with van der Waals surface area (Å²) in [6.45, 7) is 0.658. The minimum Gasteiger partial charge on any atom is -0.449 e. The Hall–Kier alpha value is -4.46. The van der Waals surface area contributed by atoms with Crippen LogP contribution in [0.1, 0.15) is 29.0 Å². The number of nitro benzene ring substituents is 1. The van der Waals surface area contributed by atoms with Crippen LogP contribution in [0.15, 0.2) is 72.9 Å². The third-order valence-corrected chi connectivity index (χ3v) is 5.99. The number of H-pyrrole nitrogens is 1. The van der Waals surface area contributed by atoms with Crippen LogP contribution in [-0.2, 0) is 4.74 Å². The van der Waals surface area contributed by atoms with Crippen LogP contribution < -0.4 is 5.32 Å². The van der Waals surface area contributed by atoms with Crippen molar-refractivity contribution >= 4 is 28.8 Å². The number of benzene rings is 3. The predicted molar refractivity (Wildman–Crippen MR) is 129 cm³/mol. The Kier molecular flexibility index (Phi) is 5.78. The van der Waals surface area contributed by atoms with E-state index < -0.39 is 11.0 Å². The first-order chi connectivity index (χ1) is 16.6. The Labute approximate surface area is 195 Å². The Morgan fingerprint density at radius 1 is 1.12 bits per heavy atom. The number of ether oxygens (including phenoxy) is 1. The lowest BCUT2D eigenvalue weighted by Gasteiger charge is -2.14. The zero-order valence-corrected chi connectivity index (χ0v) is 18.2. The number of nitro groups is 1. The number of hydrogen-bond acceptors (Lipinski definition) is 5. The van der Waals surface area contributed by atoms with Gasteiger partial charge in [-0.1, -0.05) is 60.7 Å². The third-order valence-electron chi connectivity index (χ3n) is 5.99. The monoisotopic (exact) mass is 454 g/mol. The number of alkyl carbamates (subject to hydrolysis) is 1. The summed E-state index contributed by atoms with van der Waals surface area (Å²) < 4.78 is 5.53. The number of nitrogens with zero attached hydrogens (tertiary/aromatic N) is 2. The largest absolute Gasteiger partial charge is 0.449 e. The molecule has 1 amide bonds. The van der Waals surface area contributed by atoms with Crippen LogP contribution in [0.25, 0.3) is 28.1 Å². The highest BCUT2D eigenvalue weighted by Gasteiger charge is 2.28. The lowest BCUT2D eigenvalue weighted by Crippen LogP contribution is -2.26. The van der Waals surface area contributed by atoms with E-state index in [0.29, 0.717) is 29.4 Å². The number of rotatable bonds is 7. The Morgan fingerprint density at radius 2 is 1.82 bits per heavy atom. The molecule has 0 radical (unpaired) electrons. The highest BCUT2D eigenvalue weighted by molar-refractivity contribution is 5.89. The van der Waals surface area contributed by atoms with Crippen molar-refractivity contribution in [3.8, 4) is 11.1 Å². The van der Waals surface area contributed by atoms with Gasteiger partial charge in [0.15, 0.2) is 0 Å². The average Bonchev–Trinajstić information content (AvgIpc) is 3.44. The first kappa shape index (κ1) is 21.4. The van der Waals surface area contributed by atoms with Crippen molar-refractivity contribution < 1.29 is 14.5 Å². The molecule has 1 heterocycles. The van der Waals surface area contributed by atoms with Gasteiger partial charge in [-0.05, 0) is 40.3 Å². The second-order valence-corrected chi connectivity index (χ2v) is 8.07. The van der Waals surface area contributed by atoms with Gasteiger partial charge in [-0.2, -0.15) is 5.10 Å². The fourth-order valence-electron chi connectivity index (χ4n) is 4.43. The van der Waals surface area contributed by atoms with Crippen LogP contribution in [0, 0.1) is 10.1 Å². The minimum atomic E-state index is -0.468. The van der Waals surface area contributed by atoms with Gasteiger partial charge in [-0.25, -0.2) is 4.79 Å². The fraction of sp³-hybridized carbons (Fsp3) is 0.154. The summed E-state index contributed by atoms with van der Waals surface area (Å²) in [5, 5.41) is 21.1. The van der Waals surface area contributed by atoms with Crippen molar-refractivity contribution in [2.45, 2.75) is 12.3 Å². The molecule has 0 aliphatic heterocycles. The van der Waals surface area contributed by atoms with Crippen molar-refractivity contribution in [1.29, 1.82) is 0 Å². The highest BCUT2D eigenvalue weighted by atomic mass is 16.6. The maximum Gasteiger partial charge on any atom is 0.407 e. The van der Waals surface area contributed by atoms with E-state index in [1.54, 1.807) is 12.1 Å². The third kappa shape index (κ3) is 4.13. The summed E-state index contributed by atoms with van der Waals surface area (Å²) in [6, 6.07) is 19.7. The SMILES string of the molecule is O=C(NCCC=Cc1cc([N+](=O)[O-])c2cn[nH]c2c1)OCC1c2ccccc2-c2ccccc21. The van der Waals surface area contributed by atoms with Gasteiger partial charge in [-0.15, -0.1) is 0 Å². The molecule has 5 rings (SSSR count). The van der Waals surface area contributed by atoms with E-state index in [4.69, 9.17) is 4.74 Å². The normalized spacial score (nSPS) is 12.6. The van der Waals surface area contributed by atoms with E-state index in [1.807, 2.05) is 30.3 Å². The number of amides is 1. The molecule has 0 unspecified atom stereocenters. The second kappa shape index (κ2) is 9.19. The minimum absolute atomic E-state index is 0.00247. The molecule has 170 valence electrons. The van der Waals surface area contributed by atoms with E-state index in [1.165, 1.54) is 34.5 Å². The van der Waals surface area contributed by atoms with Crippen molar-refractivity contribution in [3.05, 3.63) is 99.7 Å². The summed E-state index contributed by atoms with van der Waals surface area (Å²) in [7, 11) is 0. The van der Waals surface area contributed by atoms with Crippen molar-refractivity contribution in [2.75, 3.05) is 13.2 Å². The number of carbonyl (C=O) groups excluding carboxylic acids is 1. The molecule has 1 aliphatic rings. The zero-order valence-electron chi connectivity index (χ0n) is 18.2. The predicted octanol–water partition coefficient (Wildman–Crippen LogP) is 5.41. The maximum absolute atomic E-state index is 12.2. The van der Waals surface area contributed by atoms with Crippen LogP contribution in [0.3, 0.4) is 0 Å². The molecule has 0 fully saturated rings.